The molecule has 0 saturated heterocycles. The van der Waals surface area contributed by atoms with Crippen molar-refractivity contribution in [2.75, 3.05) is 14.2 Å². The first-order chi connectivity index (χ1) is 15.7. The smallest absolute Gasteiger partial charge is 0.332 e. The normalized spacial score (nSPS) is 13.2. The molecular weight excluding hydrogens is 446 g/mol. The maximum atomic E-state index is 13.6. The largest absolute Gasteiger partial charge is 0.495 e. The predicted octanol–water partition coefficient (Wildman–Crippen LogP) is 2.27. The molecule has 2 aromatic heterocycles. The number of methoxy groups -OCH3 is 2. The number of benzene rings is 1. The van der Waals surface area contributed by atoms with E-state index in [0.717, 1.165) is 16.3 Å². The van der Waals surface area contributed by atoms with Crippen LogP contribution >= 0.6 is 11.8 Å². The summed E-state index contributed by atoms with van der Waals surface area (Å²) >= 11 is 1.05. The van der Waals surface area contributed by atoms with Gasteiger partial charge in [0, 0.05) is 20.2 Å². The zero-order chi connectivity index (χ0) is 24.0. The number of carbonyl (C=O) groups excluding carboxylic acids is 2. The molecule has 0 bridgehead atoms. The second kappa shape index (κ2) is 8.36. The Kier molecular flexibility index (Phi) is 5.71. The summed E-state index contributed by atoms with van der Waals surface area (Å²) in [6, 6.07) is 5.21. The predicted molar refractivity (Wildman–Crippen MR) is 124 cm³/mol. The van der Waals surface area contributed by atoms with Crippen LogP contribution in [0.3, 0.4) is 0 Å². The van der Waals surface area contributed by atoms with Crippen LogP contribution in [0.4, 0.5) is 0 Å². The van der Waals surface area contributed by atoms with Gasteiger partial charge in [0.05, 0.1) is 46.2 Å². The van der Waals surface area contributed by atoms with Gasteiger partial charge in [-0.25, -0.2) is 9.78 Å². The van der Waals surface area contributed by atoms with Gasteiger partial charge < -0.3 is 9.47 Å². The Balaban J connectivity index is 1.98. The van der Waals surface area contributed by atoms with E-state index in [2.05, 4.69) is 4.98 Å². The molecular formula is C23H21N3O6S. The zero-order valence-electron chi connectivity index (χ0n) is 18.7. The minimum absolute atomic E-state index is 0.0191. The summed E-state index contributed by atoms with van der Waals surface area (Å²) in [5.41, 5.74) is -0.741. The van der Waals surface area contributed by atoms with Gasteiger partial charge in [-0.3, -0.25) is 23.5 Å². The number of fused-ring (bicyclic) bond motifs is 3. The summed E-state index contributed by atoms with van der Waals surface area (Å²) in [5, 5.41) is -0.0414. The number of allylic oxidation sites excluding steroid dienone is 2. The molecule has 0 unspecified atom stereocenters. The molecule has 0 saturated carbocycles. The van der Waals surface area contributed by atoms with Crippen molar-refractivity contribution < 1.29 is 19.1 Å². The van der Waals surface area contributed by atoms with Crippen LogP contribution in [0.1, 0.15) is 33.3 Å². The zero-order valence-corrected chi connectivity index (χ0v) is 19.5. The van der Waals surface area contributed by atoms with E-state index in [0.29, 0.717) is 28.5 Å². The number of rotatable bonds is 5. The highest BCUT2D eigenvalue weighted by atomic mass is 32.2. The Morgan fingerprint density at radius 1 is 0.970 bits per heavy atom. The molecule has 0 atom stereocenters. The first-order valence-electron chi connectivity index (χ1n) is 10.1. The molecule has 1 aromatic carbocycles. The van der Waals surface area contributed by atoms with Gasteiger partial charge in [0.25, 0.3) is 5.56 Å². The molecule has 0 radical (unpaired) electrons. The molecule has 0 amide bonds. The number of Topliss-reactive ketones (excluding diaryl/α,β-unsaturated/α-hetero) is 1. The summed E-state index contributed by atoms with van der Waals surface area (Å²) in [5.74, 6) is 0.0496. The average molecular weight is 468 g/mol. The van der Waals surface area contributed by atoms with Crippen LogP contribution in [0.25, 0.3) is 11.0 Å². The van der Waals surface area contributed by atoms with E-state index in [9.17, 15) is 19.2 Å². The second-order valence-corrected chi connectivity index (χ2v) is 8.41. The average Bonchev–Trinajstić information content (AvgIpc) is 2.83. The van der Waals surface area contributed by atoms with E-state index in [-0.39, 0.29) is 27.1 Å². The monoisotopic (exact) mass is 467 g/mol. The SMILES string of the molecule is CCc1nc2c(c3c1C(=O)C(Sc1c(OC)cccc1OC)=CC3=O)c(=O)n(C)c(=O)n2C. The molecule has 0 fully saturated rings. The number of pyridine rings is 1. The van der Waals surface area contributed by atoms with E-state index in [1.165, 1.54) is 39.0 Å². The highest BCUT2D eigenvalue weighted by molar-refractivity contribution is 8.04. The molecule has 1 aliphatic carbocycles. The Labute approximate surface area is 192 Å². The van der Waals surface area contributed by atoms with Gasteiger partial charge in [0.1, 0.15) is 17.1 Å². The van der Waals surface area contributed by atoms with Crippen LogP contribution in [0, 0.1) is 0 Å². The summed E-state index contributed by atoms with van der Waals surface area (Å²) < 4.78 is 12.9. The summed E-state index contributed by atoms with van der Waals surface area (Å²) in [7, 11) is 5.80. The number of ketones is 2. The molecule has 3 aromatic rings. The minimum Gasteiger partial charge on any atom is -0.495 e. The summed E-state index contributed by atoms with van der Waals surface area (Å²) in [6.07, 6.45) is 1.54. The van der Waals surface area contributed by atoms with Crippen molar-refractivity contribution in [3.05, 3.63) is 66.8 Å². The Morgan fingerprint density at radius 2 is 1.61 bits per heavy atom. The number of thioether (sulfide) groups is 1. The Bertz CT molecular complexity index is 1480. The molecule has 0 N–H and O–H groups in total. The third-order valence-electron chi connectivity index (χ3n) is 5.55. The van der Waals surface area contributed by atoms with E-state index in [4.69, 9.17) is 9.47 Å². The van der Waals surface area contributed by atoms with Crippen LogP contribution < -0.4 is 20.7 Å². The second-order valence-electron chi connectivity index (χ2n) is 7.36. The molecule has 0 spiro atoms. The quantitative estimate of drug-likeness (QED) is 0.562. The van der Waals surface area contributed by atoms with E-state index in [1.807, 2.05) is 0 Å². The van der Waals surface area contributed by atoms with E-state index < -0.39 is 22.8 Å². The van der Waals surface area contributed by atoms with Crippen molar-refractivity contribution in [3.8, 4) is 11.5 Å². The minimum atomic E-state index is -0.670. The lowest BCUT2D eigenvalue weighted by atomic mass is 9.90. The number of nitrogens with zero attached hydrogens (tertiary/aromatic N) is 3. The molecule has 33 heavy (non-hydrogen) atoms. The van der Waals surface area contributed by atoms with Crippen molar-refractivity contribution in [2.24, 2.45) is 14.1 Å². The molecule has 0 aliphatic heterocycles. The number of carbonyl (C=O) groups is 2. The van der Waals surface area contributed by atoms with Gasteiger partial charge in [0.15, 0.2) is 5.78 Å². The maximum absolute atomic E-state index is 13.6. The summed E-state index contributed by atoms with van der Waals surface area (Å²) in [4.78, 5) is 57.4. The van der Waals surface area contributed by atoms with Crippen LogP contribution in [0.15, 0.2) is 43.7 Å². The van der Waals surface area contributed by atoms with Gasteiger partial charge in [-0.15, -0.1) is 0 Å². The molecule has 170 valence electrons. The van der Waals surface area contributed by atoms with Gasteiger partial charge in [-0.05, 0) is 18.6 Å². The van der Waals surface area contributed by atoms with Crippen LogP contribution in [-0.4, -0.2) is 39.9 Å². The van der Waals surface area contributed by atoms with Crippen LogP contribution in [0.2, 0.25) is 0 Å². The molecule has 4 rings (SSSR count). The first-order valence-corrected chi connectivity index (χ1v) is 10.9. The van der Waals surface area contributed by atoms with Gasteiger partial charge in [0.2, 0.25) is 5.78 Å². The number of ether oxygens (including phenoxy) is 2. The Hall–Kier alpha value is -3.66. The maximum Gasteiger partial charge on any atom is 0.332 e. The van der Waals surface area contributed by atoms with Gasteiger partial charge in [-0.2, -0.15) is 0 Å². The van der Waals surface area contributed by atoms with Crippen LogP contribution in [0.5, 0.6) is 11.5 Å². The van der Waals surface area contributed by atoms with E-state index in [1.54, 1.807) is 25.1 Å². The highest BCUT2D eigenvalue weighted by Crippen LogP contribution is 2.44. The fourth-order valence-corrected chi connectivity index (χ4v) is 4.95. The standard InChI is InChI=1S/C23H21N3O6S/c1-6-11-16-17(18-21(24-11)25(2)23(30)26(3)22(18)29)12(27)10-15(19(16)28)33-20-13(31-4)8-7-9-14(20)32-5/h7-10H,6H2,1-5H3. The third-order valence-corrected chi connectivity index (χ3v) is 6.68. The lowest BCUT2D eigenvalue weighted by Gasteiger charge is -2.21. The Morgan fingerprint density at radius 3 is 2.18 bits per heavy atom. The third kappa shape index (κ3) is 3.37. The number of hydrogen-bond acceptors (Lipinski definition) is 8. The summed E-state index contributed by atoms with van der Waals surface area (Å²) in [6.45, 7) is 1.79. The number of aromatic nitrogens is 3. The van der Waals surface area contributed by atoms with Gasteiger partial charge in [-0.1, -0.05) is 24.8 Å². The van der Waals surface area contributed by atoms with Crippen molar-refractivity contribution in [1.29, 1.82) is 0 Å². The fraction of sp³-hybridized carbons (Fsp3) is 0.261. The molecule has 10 heteroatoms. The van der Waals surface area contributed by atoms with Gasteiger partial charge >= 0.3 is 5.69 Å². The lowest BCUT2D eigenvalue weighted by molar-refractivity contribution is 0.0991. The van der Waals surface area contributed by atoms with Crippen molar-refractivity contribution >= 4 is 34.4 Å². The lowest BCUT2D eigenvalue weighted by Crippen LogP contribution is -2.39. The number of hydrogen-bond donors (Lipinski definition) is 0. The molecule has 1 aliphatic rings. The molecule has 9 nitrogen and oxygen atoms in total. The highest BCUT2D eigenvalue weighted by Gasteiger charge is 2.34. The van der Waals surface area contributed by atoms with E-state index >= 15 is 0 Å². The fourth-order valence-electron chi connectivity index (χ4n) is 3.87. The van der Waals surface area contributed by atoms with Crippen LogP contribution in [-0.2, 0) is 20.5 Å². The molecule has 2 heterocycles. The first kappa shape index (κ1) is 22.5. The van der Waals surface area contributed by atoms with Crippen molar-refractivity contribution in [1.82, 2.24) is 14.1 Å². The van der Waals surface area contributed by atoms with Crippen molar-refractivity contribution in [3.63, 3.8) is 0 Å². The topological polar surface area (TPSA) is 109 Å². The van der Waals surface area contributed by atoms with Crippen molar-refractivity contribution in [2.45, 2.75) is 18.2 Å². The number of aryl methyl sites for hydroxylation is 2.